The predicted octanol–water partition coefficient (Wildman–Crippen LogP) is 3.12. The van der Waals surface area contributed by atoms with E-state index in [4.69, 9.17) is 16.3 Å². The zero-order chi connectivity index (χ0) is 12.3. The molecule has 1 fully saturated rings. The monoisotopic (exact) mass is 252 g/mol. The SMILES string of the molecule is CC1(C)Cc2cc(Cl)cc(CC3(O)CC3)c2O1. The van der Waals surface area contributed by atoms with Crippen LogP contribution in [0.3, 0.4) is 0 Å². The quantitative estimate of drug-likeness (QED) is 0.876. The molecule has 1 N–H and O–H groups in total. The van der Waals surface area contributed by atoms with Crippen molar-refractivity contribution in [2.75, 3.05) is 0 Å². The van der Waals surface area contributed by atoms with Crippen LogP contribution in [0.1, 0.15) is 37.8 Å². The van der Waals surface area contributed by atoms with Crippen molar-refractivity contribution in [3.63, 3.8) is 0 Å². The summed E-state index contributed by atoms with van der Waals surface area (Å²) in [5.41, 5.74) is 1.56. The highest BCUT2D eigenvalue weighted by atomic mass is 35.5. The van der Waals surface area contributed by atoms with Crippen molar-refractivity contribution in [3.8, 4) is 5.75 Å². The average Bonchev–Trinajstić information content (AvgIpc) is 2.79. The van der Waals surface area contributed by atoms with Crippen molar-refractivity contribution in [3.05, 3.63) is 28.3 Å². The Hall–Kier alpha value is -0.730. The maximum atomic E-state index is 10.0. The lowest BCUT2D eigenvalue weighted by atomic mass is 9.98. The Kier molecular flexibility index (Phi) is 2.27. The van der Waals surface area contributed by atoms with E-state index >= 15 is 0 Å². The van der Waals surface area contributed by atoms with Gasteiger partial charge in [-0.25, -0.2) is 0 Å². The molecule has 0 aromatic heterocycles. The largest absolute Gasteiger partial charge is 0.487 e. The Bertz CT molecular complexity index is 475. The molecule has 0 saturated heterocycles. The van der Waals surface area contributed by atoms with Gasteiger partial charge >= 0.3 is 0 Å². The standard InChI is InChI=1S/C14H17ClO2/c1-13(2)7-9-5-11(15)6-10(12(9)17-13)8-14(16)3-4-14/h5-6,16H,3-4,7-8H2,1-2H3. The molecule has 2 nitrogen and oxygen atoms in total. The summed E-state index contributed by atoms with van der Waals surface area (Å²) in [5, 5.41) is 10.8. The number of fused-ring (bicyclic) bond motifs is 1. The minimum absolute atomic E-state index is 0.159. The molecule has 2 aliphatic rings. The van der Waals surface area contributed by atoms with Gasteiger partial charge in [-0.3, -0.25) is 0 Å². The molecule has 1 aliphatic heterocycles. The van der Waals surface area contributed by atoms with E-state index in [0.717, 1.165) is 35.6 Å². The lowest BCUT2D eigenvalue weighted by Crippen LogP contribution is -2.25. The number of rotatable bonds is 2. The van der Waals surface area contributed by atoms with Crippen LogP contribution in [0.4, 0.5) is 0 Å². The van der Waals surface area contributed by atoms with Crippen molar-refractivity contribution in [2.24, 2.45) is 0 Å². The van der Waals surface area contributed by atoms with Crippen LogP contribution >= 0.6 is 11.6 Å². The van der Waals surface area contributed by atoms with Gasteiger partial charge in [0.25, 0.3) is 0 Å². The van der Waals surface area contributed by atoms with Crippen LogP contribution in [-0.4, -0.2) is 16.3 Å². The first-order chi connectivity index (χ1) is 7.87. The number of aliphatic hydroxyl groups is 1. The van der Waals surface area contributed by atoms with Gasteiger partial charge < -0.3 is 9.84 Å². The zero-order valence-electron chi connectivity index (χ0n) is 10.2. The Morgan fingerprint density at radius 2 is 2.06 bits per heavy atom. The summed E-state index contributed by atoms with van der Waals surface area (Å²) in [4.78, 5) is 0. The summed E-state index contributed by atoms with van der Waals surface area (Å²) in [6.45, 7) is 4.16. The van der Waals surface area contributed by atoms with Crippen LogP contribution in [0.2, 0.25) is 5.02 Å². The van der Waals surface area contributed by atoms with Gasteiger partial charge in [-0.15, -0.1) is 0 Å². The first-order valence-corrected chi connectivity index (χ1v) is 6.47. The van der Waals surface area contributed by atoms with Gasteiger partial charge in [-0.05, 0) is 49.9 Å². The Morgan fingerprint density at radius 3 is 2.71 bits per heavy atom. The van der Waals surface area contributed by atoms with Crippen molar-refractivity contribution >= 4 is 11.6 Å². The normalized spacial score (nSPS) is 23.1. The van der Waals surface area contributed by atoms with E-state index in [2.05, 4.69) is 13.8 Å². The highest BCUT2D eigenvalue weighted by Gasteiger charge is 2.42. The Balaban J connectivity index is 1.99. The van der Waals surface area contributed by atoms with Gasteiger partial charge in [0.15, 0.2) is 0 Å². The van der Waals surface area contributed by atoms with Crippen LogP contribution < -0.4 is 4.74 Å². The van der Waals surface area contributed by atoms with Crippen LogP contribution in [0.25, 0.3) is 0 Å². The van der Waals surface area contributed by atoms with Gasteiger partial charge in [0.05, 0.1) is 5.60 Å². The molecule has 92 valence electrons. The van der Waals surface area contributed by atoms with Gasteiger partial charge in [-0.2, -0.15) is 0 Å². The highest BCUT2D eigenvalue weighted by Crippen LogP contribution is 2.45. The van der Waals surface area contributed by atoms with E-state index in [-0.39, 0.29) is 5.60 Å². The highest BCUT2D eigenvalue weighted by molar-refractivity contribution is 6.30. The maximum Gasteiger partial charge on any atom is 0.126 e. The summed E-state index contributed by atoms with van der Waals surface area (Å²) in [6.07, 6.45) is 3.32. The molecule has 1 aromatic carbocycles. The number of hydrogen-bond acceptors (Lipinski definition) is 2. The molecule has 0 radical (unpaired) electrons. The summed E-state index contributed by atoms with van der Waals surface area (Å²) in [6, 6.07) is 3.91. The summed E-state index contributed by atoms with van der Waals surface area (Å²) in [7, 11) is 0. The molecule has 1 heterocycles. The molecule has 0 bridgehead atoms. The molecule has 1 saturated carbocycles. The Labute approximate surface area is 107 Å². The third-order valence-electron chi connectivity index (χ3n) is 3.55. The van der Waals surface area contributed by atoms with Crippen LogP contribution in [0.15, 0.2) is 12.1 Å². The fraction of sp³-hybridized carbons (Fsp3) is 0.571. The van der Waals surface area contributed by atoms with Gasteiger partial charge in [0.1, 0.15) is 11.4 Å². The van der Waals surface area contributed by atoms with Crippen LogP contribution in [-0.2, 0) is 12.8 Å². The number of hydrogen-bond donors (Lipinski definition) is 1. The molecule has 0 atom stereocenters. The second kappa shape index (κ2) is 3.39. The molecular weight excluding hydrogens is 236 g/mol. The zero-order valence-corrected chi connectivity index (χ0v) is 11.0. The number of benzene rings is 1. The summed E-state index contributed by atoms with van der Waals surface area (Å²) >= 11 is 6.13. The predicted molar refractivity (Wildman–Crippen MR) is 67.8 cm³/mol. The minimum Gasteiger partial charge on any atom is -0.487 e. The first-order valence-electron chi connectivity index (χ1n) is 6.10. The summed E-state index contributed by atoms with van der Waals surface area (Å²) < 4.78 is 5.98. The topological polar surface area (TPSA) is 29.5 Å². The van der Waals surface area contributed by atoms with Gasteiger partial charge in [0.2, 0.25) is 0 Å². The molecule has 3 rings (SSSR count). The maximum absolute atomic E-state index is 10.0. The first kappa shape index (κ1) is 11.4. The number of ether oxygens (including phenoxy) is 1. The molecule has 17 heavy (non-hydrogen) atoms. The van der Waals surface area contributed by atoms with E-state index < -0.39 is 5.60 Å². The molecule has 0 amide bonds. The molecule has 0 unspecified atom stereocenters. The third kappa shape index (κ3) is 2.16. The van der Waals surface area contributed by atoms with Crippen LogP contribution in [0.5, 0.6) is 5.75 Å². The second-order valence-corrected chi connectivity index (χ2v) is 6.43. The smallest absolute Gasteiger partial charge is 0.126 e. The summed E-state index contributed by atoms with van der Waals surface area (Å²) in [5.74, 6) is 0.944. The van der Waals surface area contributed by atoms with E-state index in [1.165, 1.54) is 5.56 Å². The van der Waals surface area contributed by atoms with Gasteiger partial charge in [0, 0.05) is 17.9 Å². The lowest BCUT2D eigenvalue weighted by molar-refractivity contribution is 0.129. The van der Waals surface area contributed by atoms with E-state index in [0.29, 0.717) is 6.42 Å². The fourth-order valence-electron chi connectivity index (χ4n) is 2.55. The minimum atomic E-state index is -0.505. The lowest BCUT2D eigenvalue weighted by Gasteiger charge is -2.19. The van der Waals surface area contributed by atoms with Crippen molar-refractivity contribution in [1.29, 1.82) is 0 Å². The van der Waals surface area contributed by atoms with Crippen molar-refractivity contribution in [1.82, 2.24) is 0 Å². The second-order valence-electron chi connectivity index (χ2n) is 5.99. The van der Waals surface area contributed by atoms with E-state index in [1.54, 1.807) is 0 Å². The molecule has 3 heteroatoms. The van der Waals surface area contributed by atoms with Gasteiger partial charge in [-0.1, -0.05) is 11.6 Å². The molecule has 1 aliphatic carbocycles. The van der Waals surface area contributed by atoms with Crippen LogP contribution in [0, 0.1) is 0 Å². The van der Waals surface area contributed by atoms with Crippen molar-refractivity contribution in [2.45, 2.75) is 50.7 Å². The van der Waals surface area contributed by atoms with E-state index in [1.807, 2.05) is 12.1 Å². The molecule has 1 aromatic rings. The third-order valence-corrected chi connectivity index (χ3v) is 3.77. The fourth-order valence-corrected chi connectivity index (χ4v) is 2.82. The Morgan fingerprint density at radius 1 is 1.35 bits per heavy atom. The average molecular weight is 253 g/mol. The molecule has 0 spiro atoms. The van der Waals surface area contributed by atoms with E-state index in [9.17, 15) is 5.11 Å². The molecular formula is C14H17ClO2. The number of halogens is 1. The van der Waals surface area contributed by atoms with Crippen molar-refractivity contribution < 1.29 is 9.84 Å².